The molecule has 1 aliphatic rings. The third kappa shape index (κ3) is 3.46. The largest absolute Gasteiger partial charge is 0.352 e. The van der Waals surface area contributed by atoms with E-state index in [1.807, 2.05) is 36.7 Å². The van der Waals surface area contributed by atoms with Crippen LogP contribution in [0, 0.1) is 0 Å². The van der Waals surface area contributed by atoms with Gasteiger partial charge in [-0.25, -0.2) is 0 Å². The van der Waals surface area contributed by atoms with Crippen LogP contribution in [-0.2, 0) is 6.54 Å². The SMILES string of the molecule is S=C1NC(c2ccccn2)C(c2cccn2-c2cccnc2)N1Cc1ccccc1. The molecule has 0 amide bonds. The normalized spacial score (nSPS) is 18.4. The highest BCUT2D eigenvalue weighted by atomic mass is 32.1. The van der Waals surface area contributed by atoms with Crippen LogP contribution in [0.25, 0.3) is 5.69 Å². The molecule has 1 saturated heterocycles. The number of pyridine rings is 2. The van der Waals surface area contributed by atoms with Gasteiger partial charge in [-0.3, -0.25) is 9.97 Å². The predicted molar refractivity (Wildman–Crippen MR) is 121 cm³/mol. The summed E-state index contributed by atoms with van der Waals surface area (Å²) in [7, 11) is 0. The van der Waals surface area contributed by atoms with E-state index in [1.165, 1.54) is 5.56 Å². The number of benzene rings is 1. The van der Waals surface area contributed by atoms with Crippen molar-refractivity contribution in [3.05, 3.63) is 115 Å². The lowest BCUT2D eigenvalue weighted by molar-refractivity contribution is 0.302. The second-order valence-corrected chi connectivity index (χ2v) is 7.64. The zero-order chi connectivity index (χ0) is 20.3. The third-order valence-corrected chi connectivity index (χ3v) is 5.75. The van der Waals surface area contributed by atoms with Gasteiger partial charge in [-0.1, -0.05) is 36.4 Å². The summed E-state index contributed by atoms with van der Waals surface area (Å²) >= 11 is 5.79. The lowest BCUT2D eigenvalue weighted by Gasteiger charge is -2.29. The Morgan fingerprint density at radius 2 is 1.77 bits per heavy atom. The van der Waals surface area contributed by atoms with Gasteiger partial charge < -0.3 is 14.8 Å². The molecule has 1 aromatic carbocycles. The van der Waals surface area contributed by atoms with Crippen molar-refractivity contribution in [2.45, 2.75) is 18.6 Å². The molecule has 1 N–H and O–H groups in total. The van der Waals surface area contributed by atoms with Gasteiger partial charge in [0, 0.05) is 30.8 Å². The van der Waals surface area contributed by atoms with Crippen LogP contribution in [0.5, 0.6) is 0 Å². The van der Waals surface area contributed by atoms with Gasteiger partial charge >= 0.3 is 0 Å². The molecule has 0 spiro atoms. The Morgan fingerprint density at radius 3 is 2.53 bits per heavy atom. The van der Waals surface area contributed by atoms with E-state index in [0.717, 1.165) is 28.7 Å². The summed E-state index contributed by atoms with van der Waals surface area (Å²) in [5, 5.41) is 4.26. The second-order valence-electron chi connectivity index (χ2n) is 7.25. The summed E-state index contributed by atoms with van der Waals surface area (Å²) in [5.41, 5.74) is 4.35. The predicted octanol–water partition coefficient (Wildman–Crippen LogP) is 4.44. The molecular weight excluding hydrogens is 390 g/mol. The molecule has 4 aromatic rings. The van der Waals surface area contributed by atoms with E-state index in [9.17, 15) is 0 Å². The maximum atomic E-state index is 5.79. The average Bonchev–Trinajstić information content (AvgIpc) is 3.40. The quantitative estimate of drug-likeness (QED) is 0.492. The van der Waals surface area contributed by atoms with Crippen molar-refractivity contribution < 1.29 is 0 Å². The highest BCUT2D eigenvalue weighted by Gasteiger charge is 2.41. The highest BCUT2D eigenvalue weighted by Crippen LogP contribution is 2.40. The average molecular weight is 412 g/mol. The molecule has 30 heavy (non-hydrogen) atoms. The lowest BCUT2D eigenvalue weighted by Crippen LogP contribution is -2.30. The van der Waals surface area contributed by atoms with Crippen molar-refractivity contribution in [1.29, 1.82) is 0 Å². The summed E-state index contributed by atoms with van der Waals surface area (Å²) in [6.07, 6.45) is 7.57. The van der Waals surface area contributed by atoms with Gasteiger partial charge in [0.05, 0.1) is 29.7 Å². The number of thiocarbonyl (C=S) groups is 1. The van der Waals surface area contributed by atoms with Crippen LogP contribution in [0.2, 0.25) is 0 Å². The van der Waals surface area contributed by atoms with E-state index >= 15 is 0 Å². The van der Waals surface area contributed by atoms with Gasteiger partial charge in [0.25, 0.3) is 0 Å². The van der Waals surface area contributed by atoms with E-state index in [0.29, 0.717) is 0 Å². The molecule has 5 nitrogen and oxygen atoms in total. The number of hydrogen-bond donors (Lipinski definition) is 1. The van der Waals surface area contributed by atoms with Crippen LogP contribution < -0.4 is 5.32 Å². The first-order valence-electron chi connectivity index (χ1n) is 9.91. The smallest absolute Gasteiger partial charge is 0.170 e. The highest BCUT2D eigenvalue weighted by molar-refractivity contribution is 7.80. The fourth-order valence-electron chi connectivity index (χ4n) is 4.04. The Bertz CT molecular complexity index is 1130. The van der Waals surface area contributed by atoms with Crippen LogP contribution in [0.4, 0.5) is 0 Å². The molecule has 2 atom stereocenters. The number of aromatic nitrogens is 3. The van der Waals surface area contributed by atoms with Gasteiger partial charge in [0.1, 0.15) is 0 Å². The monoisotopic (exact) mass is 411 g/mol. The van der Waals surface area contributed by atoms with Crippen molar-refractivity contribution >= 4 is 17.3 Å². The third-order valence-electron chi connectivity index (χ3n) is 5.40. The summed E-state index contributed by atoms with van der Waals surface area (Å²) in [6.45, 7) is 0.721. The number of nitrogens with zero attached hydrogens (tertiary/aromatic N) is 4. The van der Waals surface area contributed by atoms with Crippen LogP contribution in [-0.4, -0.2) is 24.5 Å². The minimum Gasteiger partial charge on any atom is -0.352 e. The molecule has 3 aromatic heterocycles. The van der Waals surface area contributed by atoms with Crippen LogP contribution >= 0.6 is 12.2 Å². The first kappa shape index (κ1) is 18.5. The second kappa shape index (κ2) is 8.08. The van der Waals surface area contributed by atoms with Crippen molar-refractivity contribution in [3.8, 4) is 5.69 Å². The van der Waals surface area contributed by atoms with Crippen LogP contribution in [0.3, 0.4) is 0 Å². The molecule has 0 bridgehead atoms. The van der Waals surface area contributed by atoms with Gasteiger partial charge in [0.2, 0.25) is 0 Å². The molecule has 148 valence electrons. The first-order chi connectivity index (χ1) is 14.8. The van der Waals surface area contributed by atoms with Crippen molar-refractivity contribution in [3.63, 3.8) is 0 Å². The molecule has 1 fully saturated rings. The Hall–Kier alpha value is -3.51. The van der Waals surface area contributed by atoms with Gasteiger partial charge in [0.15, 0.2) is 5.11 Å². The summed E-state index contributed by atoms with van der Waals surface area (Å²) in [5.74, 6) is 0. The molecule has 4 heterocycles. The minimum absolute atomic E-state index is 0.0113. The van der Waals surface area contributed by atoms with E-state index in [4.69, 9.17) is 12.2 Å². The van der Waals surface area contributed by atoms with Crippen molar-refractivity contribution in [2.24, 2.45) is 0 Å². The summed E-state index contributed by atoms with van der Waals surface area (Å²) in [4.78, 5) is 11.2. The first-order valence-corrected chi connectivity index (χ1v) is 10.3. The van der Waals surface area contributed by atoms with E-state index < -0.39 is 0 Å². The Labute approximate surface area is 181 Å². The maximum absolute atomic E-state index is 5.79. The maximum Gasteiger partial charge on any atom is 0.170 e. The van der Waals surface area contributed by atoms with E-state index in [2.05, 4.69) is 79.5 Å². The fraction of sp³-hybridized carbons (Fsp3) is 0.125. The molecule has 1 aliphatic heterocycles. The standard InChI is InChI=1S/C24H21N5S/c30-24-27-22(20-11-4-5-14-26-20)23(29(24)17-18-8-2-1-3-9-18)21-12-7-15-28(21)19-10-6-13-25-16-19/h1-16,22-23H,17H2,(H,27,30). The van der Waals surface area contributed by atoms with Crippen molar-refractivity contribution in [2.75, 3.05) is 0 Å². The zero-order valence-electron chi connectivity index (χ0n) is 16.3. The lowest BCUT2D eigenvalue weighted by atomic mass is 10.0. The molecule has 6 heteroatoms. The van der Waals surface area contributed by atoms with E-state index in [1.54, 1.807) is 6.20 Å². The summed E-state index contributed by atoms with van der Waals surface area (Å²) < 4.78 is 2.18. The number of rotatable bonds is 5. The van der Waals surface area contributed by atoms with Gasteiger partial charge in [-0.15, -0.1) is 0 Å². The minimum atomic E-state index is -0.0484. The Kier molecular flexibility index (Phi) is 4.99. The van der Waals surface area contributed by atoms with Gasteiger partial charge in [-0.05, 0) is 54.2 Å². The Balaban J connectivity index is 1.60. The van der Waals surface area contributed by atoms with Crippen LogP contribution in [0.15, 0.2) is 97.6 Å². The zero-order valence-corrected chi connectivity index (χ0v) is 17.1. The van der Waals surface area contributed by atoms with Crippen LogP contribution in [0.1, 0.15) is 29.0 Å². The summed E-state index contributed by atoms with van der Waals surface area (Å²) in [6, 6.07) is 24.6. The molecule has 0 saturated carbocycles. The molecular formula is C24H21N5S. The molecule has 2 unspecified atom stereocenters. The topological polar surface area (TPSA) is 46.0 Å². The molecule has 0 aliphatic carbocycles. The molecule has 0 radical (unpaired) electrons. The Morgan fingerprint density at radius 1 is 0.900 bits per heavy atom. The van der Waals surface area contributed by atoms with Gasteiger partial charge in [-0.2, -0.15) is 0 Å². The fourth-order valence-corrected chi connectivity index (χ4v) is 4.35. The van der Waals surface area contributed by atoms with E-state index in [-0.39, 0.29) is 12.1 Å². The molecule has 5 rings (SSSR count). The van der Waals surface area contributed by atoms with Crippen molar-refractivity contribution in [1.82, 2.24) is 24.8 Å². The number of nitrogens with one attached hydrogen (secondary N) is 1. The number of hydrogen-bond acceptors (Lipinski definition) is 3.